The van der Waals surface area contributed by atoms with Gasteiger partial charge in [-0.25, -0.2) is 0 Å². The van der Waals surface area contributed by atoms with E-state index in [9.17, 15) is 4.79 Å². The van der Waals surface area contributed by atoms with Crippen molar-refractivity contribution in [2.24, 2.45) is 23.7 Å². The van der Waals surface area contributed by atoms with Crippen LogP contribution in [0.25, 0.3) is 0 Å². The monoisotopic (exact) mass is 167 g/mol. The second-order valence-corrected chi connectivity index (χ2v) is 4.48. The first kappa shape index (κ1) is 6.89. The van der Waals surface area contributed by atoms with Crippen LogP contribution in [0.5, 0.6) is 0 Å². The van der Waals surface area contributed by atoms with E-state index in [0.29, 0.717) is 29.8 Å². The molecule has 3 heteroatoms. The van der Waals surface area contributed by atoms with Crippen molar-refractivity contribution in [2.75, 3.05) is 0 Å². The lowest BCUT2D eigenvalue weighted by molar-refractivity contribution is -0.139. The Morgan fingerprint density at radius 2 is 2.25 bits per heavy atom. The van der Waals surface area contributed by atoms with Crippen molar-refractivity contribution in [3.63, 3.8) is 0 Å². The number of nitrogens with one attached hydrogen (secondary N) is 1. The van der Waals surface area contributed by atoms with E-state index in [1.165, 1.54) is 6.42 Å². The van der Waals surface area contributed by atoms with Gasteiger partial charge in [-0.2, -0.15) is 0 Å². The van der Waals surface area contributed by atoms with Gasteiger partial charge in [0.15, 0.2) is 0 Å². The van der Waals surface area contributed by atoms with E-state index in [1.54, 1.807) is 0 Å². The summed E-state index contributed by atoms with van der Waals surface area (Å²) in [6, 6.07) is 1.08. The Balaban J connectivity index is 1.85. The van der Waals surface area contributed by atoms with Gasteiger partial charge in [-0.1, -0.05) is 0 Å². The van der Waals surface area contributed by atoms with Crippen LogP contribution < -0.4 is 5.32 Å². The first-order chi connectivity index (χ1) is 5.70. The number of hydrogen-bond acceptors (Lipinski definition) is 2. The molecule has 0 aromatic rings. The highest BCUT2D eigenvalue weighted by Crippen LogP contribution is 2.64. The molecule has 66 valence electrons. The van der Waals surface area contributed by atoms with E-state index in [2.05, 4.69) is 12.2 Å². The Labute approximate surface area is 71.1 Å². The molecule has 1 heterocycles. The maximum atomic E-state index is 10.8. The first-order valence-electron chi connectivity index (χ1n) is 4.69. The van der Waals surface area contributed by atoms with Gasteiger partial charge >= 0.3 is 5.97 Å². The third kappa shape index (κ3) is 0.600. The highest BCUT2D eigenvalue weighted by molar-refractivity contribution is 5.75. The number of fused-ring (bicyclic) bond motifs is 5. The van der Waals surface area contributed by atoms with Gasteiger partial charge in [0.25, 0.3) is 0 Å². The number of aliphatic carboxylic acids is 1. The molecular weight excluding hydrogens is 154 g/mol. The summed E-state index contributed by atoms with van der Waals surface area (Å²) in [4.78, 5) is 10.8. The molecule has 2 N–H and O–H groups in total. The van der Waals surface area contributed by atoms with E-state index in [4.69, 9.17) is 5.11 Å². The summed E-state index contributed by atoms with van der Waals surface area (Å²) in [5.74, 6) is 1.07. The molecule has 0 spiro atoms. The number of rotatable bonds is 1. The molecule has 0 amide bonds. The Morgan fingerprint density at radius 1 is 1.50 bits per heavy atom. The SMILES string of the molecule is CC1NC2CC1C1C(C(=O)O)C21. The predicted molar refractivity (Wildman–Crippen MR) is 42.6 cm³/mol. The zero-order valence-corrected chi connectivity index (χ0v) is 7.03. The molecule has 2 saturated carbocycles. The second kappa shape index (κ2) is 1.84. The smallest absolute Gasteiger partial charge is 0.307 e. The Kier molecular flexibility index (Phi) is 1.06. The molecule has 12 heavy (non-hydrogen) atoms. The van der Waals surface area contributed by atoms with Crippen molar-refractivity contribution in [1.82, 2.24) is 5.32 Å². The molecule has 1 saturated heterocycles. The summed E-state index contributed by atoms with van der Waals surface area (Å²) in [5.41, 5.74) is 0. The minimum Gasteiger partial charge on any atom is -0.481 e. The third-order valence-corrected chi connectivity index (χ3v) is 4.02. The zero-order chi connectivity index (χ0) is 8.46. The van der Waals surface area contributed by atoms with Crippen LogP contribution in [0.4, 0.5) is 0 Å². The summed E-state index contributed by atoms with van der Waals surface area (Å²) in [7, 11) is 0. The third-order valence-electron chi connectivity index (χ3n) is 4.02. The van der Waals surface area contributed by atoms with E-state index in [1.807, 2.05) is 0 Å². The average Bonchev–Trinajstić information content (AvgIpc) is 2.52. The van der Waals surface area contributed by atoms with E-state index >= 15 is 0 Å². The lowest BCUT2D eigenvalue weighted by Gasteiger charge is -2.17. The van der Waals surface area contributed by atoms with Crippen molar-refractivity contribution in [1.29, 1.82) is 0 Å². The topological polar surface area (TPSA) is 49.3 Å². The van der Waals surface area contributed by atoms with Crippen molar-refractivity contribution >= 4 is 5.97 Å². The summed E-state index contributed by atoms with van der Waals surface area (Å²) < 4.78 is 0. The van der Waals surface area contributed by atoms with Gasteiger partial charge < -0.3 is 10.4 Å². The normalized spacial score (nSPS) is 60.1. The van der Waals surface area contributed by atoms with Gasteiger partial charge in [0, 0.05) is 12.1 Å². The van der Waals surface area contributed by atoms with Gasteiger partial charge in [0.05, 0.1) is 5.92 Å². The zero-order valence-electron chi connectivity index (χ0n) is 7.03. The highest BCUT2D eigenvalue weighted by Gasteiger charge is 2.69. The average molecular weight is 167 g/mol. The van der Waals surface area contributed by atoms with Crippen molar-refractivity contribution in [3.05, 3.63) is 0 Å². The fourth-order valence-electron chi connectivity index (χ4n) is 3.54. The summed E-state index contributed by atoms with van der Waals surface area (Å²) >= 11 is 0. The van der Waals surface area contributed by atoms with Gasteiger partial charge in [-0.3, -0.25) is 4.79 Å². The number of carbonyl (C=O) groups is 1. The molecule has 0 aromatic carbocycles. The number of carboxylic acid groups (broad SMARTS) is 1. The molecule has 3 aliphatic rings. The van der Waals surface area contributed by atoms with Crippen LogP contribution >= 0.6 is 0 Å². The van der Waals surface area contributed by atoms with E-state index < -0.39 is 5.97 Å². The number of hydrogen-bond donors (Lipinski definition) is 2. The fourth-order valence-corrected chi connectivity index (χ4v) is 3.54. The van der Waals surface area contributed by atoms with Crippen LogP contribution in [0.3, 0.4) is 0 Å². The standard InChI is InChI=1S/C9H13NO2/c1-3-4-2-5(10-3)7-6(4)8(7)9(11)12/h3-8,10H,2H2,1H3,(H,11,12). The molecule has 2 bridgehead atoms. The predicted octanol–water partition coefficient (Wildman–Crippen LogP) is 0.313. The van der Waals surface area contributed by atoms with Crippen molar-refractivity contribution < 1.29 is 9.90 Å². The van der Waals surface area contributed by atoms with Crippen LogP contribution in [0.15, 0.2) is 0 Å². The van der Waals surface area contributed by atoms with Crippen LogP contribution in [-0.4, -0.2) is 23.2 Å². The number of carboxylic acids is 1. The van der Waals surface area contributed by atoms with Crippen LogP contribution in [0, 0.1) is 23.7 Å². The first-order valence-corrected chi connectivity index (χ1v) is 4.69. The molecule has 6 atom stereocenters. The maximum absolute atomic E-state index is 10.8. The highest BCUT2D eigenvalue weighted by atomic mass is 16.4. The molecule has 2 aliphatic carbocycles. The van der Waals surface area contributed by atoms with E-state index in [0.717, 1.165) is 0 Å². The molecule has 0 radical (unpaired) electrons. The molecule has 3 rings (SSSR count). The van der Waals surface area contributed by atoms with Gasteiger partial charge in [-0.05, 0) is 31.1 Å². The second-order valence-electron chi connectivity index (χ2n) is 4.48. The molecule has 0 aromatic heterocycles. The quantitative estimate of drug-likeness (QED) is 0.591. The van der Waals surface area contributed by atoms with Crippen LogP contribution in [-0.2, 0) is 4.79 Å². The summed E-state index contributed by atoms with van der Waals surface area (Å²) in [6.45, 7) is 2.18. The minimum atomic E-state index is -0.574. The number of piperidine rings is 1. The van der Waals surface area contributed by atoms with Crippen LogP contribution in [0.2, 0.25) is 0 Å². The molecule has 6 unspecified atom stereocenters. The Hall–Kier alpha value is -0.570. The van der Waals surface area contributed by atoms with Crippen molar-refractivity contribution in [2.45, 2.75) is 25.4 Å². The summed E-state index contributed by atoms with van der Waals surface area (Å²) in [6.07, 6.45) is 1.22. The molecule has 3 nitrogen and oxygen atoms in total. The van der Waals surface area contributed by atoms with Crippen molar-refractivity contribution in [3.8, 4) is 0 Å². The van der Waals surface area contributed by atoms with Crippen LogP contribution in [0.1, 0.15) is 13.3 Å². The molecule has 1 aliphatic heterocycles. The Bertz CT molecular complexity index is 251. The maximum Gasteiger partial charge on any atom is 0.307 e. The lowest BCUT2D eigenvalue weighted by Crippen LogP contribution is -2.34. The minimum absolute atomic E-state index is 0.00815. The van der Waals surface area contributed by atoms with Gasteiger partial charge in [0.2, 0.25) is 0 Å². The summed E-state index contributed by atoms with van der Waals surface area (Å²) in [5, 5.41) is 12.3. The lowest BCUT2D eigenvalue weighted by atomic mass is 9.96. The van der Waals surface area contributed by atoms with Gasteiger partial charge in [-0.15, -0.1) is 0 Å². The molecular formula is C9H13NO2. The van der Waals surface area contributed by atoms with E-state index in [-0.39, 0.29) is 5.92 Å². The largest absolute Gasteiger partial charge is 0.481 e. The fraction of sp³-hybridized carbons (Fsp3) is 0.889. The molecule has 3 fully saturated rings. The Morgan fingerprint density at radius 3 is 2.83 bits per heavy atom. The van der Waals surface area contributed by atoms with Gasteiger partial charge in [0.1, 0.15) is 0 Å².